The van der Waals surface area contributed by atoms with E-state index in [9.17, 15) is 0 Å². The predicted octanol–water partition coefficient (Wildman–Crippen LogP) is 5.39. The van der Waals surface area contributed by atoms with Crippen LogP contribution >= 0.6 is 0 Å². The zero-order valence-corrected chi connectivity index (χ0v) is 13.0. The third kappa shape index (κ3) is 4.80. The lowest BCUT2D eigenvalue weighted by atomic mass is 9.69. The maximum Gasteiger partial charge on any atom is 0.0273 e. The maximum atomic E-state index is 4.63. The summed E-state index contributed by atoms with van der Waals surface area (Å²) in [5.74, 6) is 0.756. The first-order chi connectivity index (χ1) is 8.23. The summed E-state index contributed by atoms with van der Waals surface area (Å²) in [6.07, 6.45) is 11.7. The van der Waals surface area contributed by atoms with Gasteiger partial charge in [0.25, 0.3) is 0 Å². The van der Waals surface area contributed by atoms with E-state index in [1.54, 1.807) is 0 Å². The summed E-state index contributed by atoms with van der Waals surface area (Å²) in [7, 11) is 0. The van der Waals surface area contributed by atoms with Crippen LogP contribution in [0.4, 0.5) is 0 Å². The average Bonchev–Trinajstić information content (AvgIpc) is 2.40. The van der Waals surface area contributed by atoms with Gasteiger partial charge in [-0.05, 0) is 30.3 Å². The molecule has 0 spiro atoms. The SMILES string of the molecule is CC(C)CC(C)(C)CC(C)(C)C1=NC=CC=CC1. The van der Waals surface area contributed by atoms with Crippen LogP contribution in [0.3, 0.4) is 0 Å². The molecule has 1 aliphatic rings. The standard InChI is InChI=1S/C17H29N/c1-14(2)12-16(3,4)13-17(5,6)15-10-8-7-9-11-18-15/h7-9,11,14H,10,12-13H2,1-6H3. The van der Waals surface area contributed by atoms with Crippen molar-refractivity contribution in [2.24, 2.45) is 21.7 Å². The molecule has 0 amide bonds. The van der Waals surface area contributed by atoms with E-state index >= 15 is 0 Å². The monoisotopic (exact) mass is 247 g/mol. The van der Waals surface area contributed by atoms with Gasteiger partial charge in [-0.1, -0.05) is 53.7 Å². The van der Waals surface area contributed by atoms with Gasteiger partial charge in [-0.25, -0.2) is 0 Å². The van der Waals surface area contributed by atoms with Crippen molar-refractivity contribution in [2.75, 3.05) is 0 Å². The lowest BCUT2D eigenvalue weighted by Gasteiger charge is -2.36. The molecule has 0 unspecified atom stereocenters. The minimum Gasteiger partial charge on any atom is -0.265 e. The molecule has 0 radical (unpaired) electrons. The van der Waals surface area contributed by atoms with Crippen molar-refractivity contribution in [1.82, 2.24) is 0 Å². The molecule has 0 aliphatic carbocycles. The van der Waals surface area contributed by atoms with Crippen LogP contribution in [0.5, 0.6) is 0 Å². The van der Waals surface area contributed by atoms with E-state index in [1.807, 2.05) is 12.3 Å². The predicted molar refractivity (Wildman–Crippen MR) is 82.0 cm³/mol. The number of aliphatic imine (C=N–C) groups is 1. The van der Waals surface area contributed by atoms with Crippen molar-refractivity contribution in [1.29, 1.82) is 0 Å². The Labute approximate surface area is 113 Å². The van der Waals surface area contributed by atoms with Gasteiger partial charge in [-0.3, -0.25) is 4.99 Å². The van der Waals surface area contributed by atoms with Crippen LogP contribution < -0.4 is 0 Å². The first-order valence-electron chi connectivity index (χ1n) is 7.12. The van der Waals surface area contributed by atoms with E-state index in [0.717, 1.165) is 12.3 Å². The molecule has 1 rings (SSSR count). The molecule has 0 fully saturated rings. The van der Waals surface area contributed by atoms with Crippen LogP contribution in [0.15, 0.2) is 29.4 Å². The van der Waals surface area contributed by atoms with Crippen molar-refractivity contribution >= 4 is 5.71 Å². The Morgan fingerprint density at radius 2 is 1.83 bits per heavy atom. The number of rotatable bonds is 5. The fourth-order valence-corrected chi connectivity index (χ4v) is 3.42. The molecule has 102 valence electrons. The summed E-state index contributed by atoms with van der Waals surface area (Å²) >= 11 is 0. The minimum atomic E-state index is 0.178. The van der Waals surface area contributed by atoms with E-state index < -0.39 is 0 Å². The summed E-state index contributed by atoms with van der Waals surface area (Å²) in [4.78, 5) is 4.63. The Balaban J connectivity index is 2.77. The van der Waals surface area contributed by atoms with Gasteiger partial charge in [-0.2, -0.15) is 0 Å². The maximum absolute atomic E-state index is 4.63. The average molecular weight is 247 g/mol. The Kier molecular flexibility index (Phi) is 4.95. The van der Waals surface area contributed by atoms with Gasteiger partial charge in [0, 0.05) is 23.7 Å². The van der Waals surface area contributed by atoms with Crippen molar-refractivity contribution in [3.63, 3.8) is 0 Å². The molecular weight excluding hydrogens is 218 g/mol. The highest BCUT2D eigenvalue weighted by Crippen LogP contribution is 2.40. The second kappa shape index (κ2) is 5.86. The van der Waals surface area contributed by atoms with E-state index in [1.165, 1.54) is 18.6 Å². The third-order valence-corrected chi connectivity index (χ3v) is 3.54. The molecule has 1 heteroatoms. The van der Waals surface area contributed by atoms with Crippen LogP contribution in [0.2, 0.25) is 0 Å². The Hall–Kier alpha value is -0.850. The molecule has 0 aromatic heterocycles. The largest absolute Gasteiger partial charge is 0.265 e. The van der Waals surface area contributed by atoms with E-state index in [2.05, 4.69) is 58.7 Å². The third-order valence-electron chi connectivity index (χ3n) is 3.54. The Bertz CT molecular complexity index is 354. The highest BCUT2D eigenvalue weighted by atomic mass is 14.7. The van der Waals surface area contributed by atoms with Crippen LogP contribution in [-0.2, 0) is 0 Å². The van der Waals surface area contributed by atoms with Crippen LogP contribution in [0.25, 0.3) is 0 Å². The molecule has 0 aromatic carbocycles. The summed E-state index contributed by atoms with van der Waals surface area (Å²) < 4.78 is 0. The van der Waals surface area contributed by atoms with Gasteiger partial charge in [0.2, 0.25) is 0 Å². The summed E-state index contributed by atoms with van der Waals surface area (Å²) in [6.45, 7) is 14.1. The zero-order chi connectivity index (χ0) is 13.8. The second-order valence-corrected chi connectivity index (χ2v) is 7.37. The van der Waals surface area contributed by atoms with Gasteiger partial charge in [0.1, 0.15) is 0 Å². The fourth-order valence-electron chi connectivity index (χ4n) is 3.42. The molecule has 0 N–H and O–H groups in total. The lowest BCUT2D eigenvalue weighted by molar-refractivity contribution is 0.207. The summed E-state index contributed by atoms with van der Waals surface area (Å²) in [6, 6.07) is 0. The van der Waals surface area contributed by atoms with Crippen molar-refractivity contribution in [3.05, 3.63) is 24.4 Å². The van der Waals surface area contributed by atoms with Crippen LogP contribution in [0.1, 0.15) is 60.8 Å². The van der Waals surface area contributed by atoms with Crippen LogP contribution in [0, 0.1) is 16.7 Å². The highest BCUT2D eigenvalue weighted by molar-refractivity contribution is 5.91. The smallest absolute Gasteiger partial charge is 0.0273 e. The Morgan fingerprint density at radius 3 is 2.44 bits per heavy atom. The van der Waals surface area contributed by atoms with Crippen molar-refractivity contribution < 1.29 is 0 Å². The molecule has 0 bridgehead atoms. The van der Waals surface area contributed by atoms with Gasteiger partial charge in [0.15, 0.2) is 0 Å². The fraction of sp³-hybridized carbons (Fsp3) is 0.706. The number of hydrogen-bond acceptors (Lipinski definition) is 1. The minimum absolute atomic E-state index is 0.178. The second-order valence-electron chi connectivity index (χ2n) is 7.37. The normalized spacial score (nSPS) is 16.9. The topological polar surface area (TPSA) is 12.4 Å². The molecule has 18 heavy (non-hydrogen) atoms. The van der Waals surface area contributed by atoms with Crippen molar-refractivity contribution in [3.8, 4) is 0 Å². The molecule has 0 atom stereocenters. The summed E-state index contributed by atoms with van der Waals surface area (Å²) in [5, 5.41) is 0. The van der Waals surface area contributed by atoms with E-state index in [0.29, 0.717) is 5.41 Å². The first kappa shape index (κ1) is 15.2. The van der Waals surface area contributed by atoms with Gasteiger partial charge in [0.05, 0.1) is 0 Å². The molecule has 0 saturated heterocycles. The number of allylic oxidation sites excluding steroid dienone is 3. The van der Waals surface area contributed by atoms with E-state index in [-0.39, 0.29) is 5.41 Å². The van der Waals surface area contributed by atoms with E-state index in [4.69, 9.17) is 0 Å². The molecule has 1 aliphatic heterocycles. The molecular formula is C17H29N. The number of hydrogen-bond donors (Lipinski definition) is 0. The first-order valence-corrected chi connectivity index (χ1v) is 7.12. The number of nitrogens with zero attached hydrogens (tertiary/aromatic N) is 1. The zero-order valence-electron chi connectivity index (χ0n) is 13.0. The lowest BCUT2D eigenvalue weighted by Crippen LogP contribution is -2.31. The molecule has 0 aromatic rings. The van der Waals surface area contributed by atoms with Gasteiger partial charge < -0.3 is 0 Å². The molecule has 1 heterocycles. The Morgan fingerprint density at radius 1 is 1.17 bits per heavy atom. The van der Waals surface area contributed by atoms with Gasteiger partial charge >= 0.3 is 0 Å². The van der Waals surface area contributed by atoms with Crippen molar-refractivity contribution in [2.45, 2.75) is 60.8 Å². The molecule has 1 nitrogen and oxygen atoms in total. The van der Waals surface area contributed by atoms with Crippen LogP contribution in [-0.4, -0.2) is 5.71 Å². The van der Waals surface area contributed by atoms with Gasteiger partial charge in [-0.15, -0.1) is 0 Å². The quantitative estimate of drug-likeness (QED) is 0.617. The highest BCUT2D eigenvalue weighted by Gasteiger charge is 2.32. The molecule has 0 saturated carbocycles. The summed E-state index contributed by atoms with van der Waals surface area (Å²) in [5.41, 5.74) is 1.86.